The van der Waals surface area contributed by atoms with Crippen molar-refractivity contribution in [1.82, 2.24) is 5.32 Å². The van der Waals surface area contributed by atoms with Gasteiger partial charge in [-0.1, -0.05) is 13.8 Å². The van der Waals surface area contributed by atoms with E-state index < -0.39 is 23.1 Å². The summed E-state index contributed by atoms with van der Waals surface area (Å²) in [6.45, 7) is 5.01. The van der Waals surface area contributed by atoms with Crippen LogP contribution in [0.25, 0.3) is 0 Å². The lowest BCUT2D eigenvalue weighted by molar-refractivity contribution is -0.121. The Kier molecular flexibility index (Phi) is 5.67. The van der Waals surface area contributed by atoms with Crippen LogP contribution in [0.1, 0.15) is 20.8 Å². The topological polar surface area (TPSA) is 64.9 Å². The third-order valence-corrected chi connectivity index (χ3v) is 3.84. The Morgan fingerprint density at radius 3 is 2.57 bits per heavy atom. The zero-order valence-electron chi connectivity index (χ0n) is 11.9. The zero-order valence-corrected chi connectivity index (χ0v) is 13.5. The third-order valence-electron chi connectivity index (χ3n) is 3.22. The lowest BCUT2D eigenvalue weighted by Crippen LogP contribution is -2.50. The molecule has 21 heavy (non-hydrogen) atoms. The van der Waals surface area contributed by atoms with Crippen molar-refractivity contribution in [3.05, 3.63) is 28.2 Å². The number of hydrogen-bond donors (Lipinski definition) is 2. The van der Waals surface area contributed by atoms with E-state index in [2.05, 4.69) is 26.6 Å². The van der Waals surface area contributed by atoms with Gasteiger partial charge in [-0.3, -0.25) is 4.79 Å². The summed E-state index contributed by atoms with van der Waals surface area (Å²) in [5.74, 6) is -2.06. The van der Waals surface area contributed by atoms with E-state index in [9.17, 15) is 13.6 Å². The number of benzene rings is 1. The van der Waals surface area contributed by atoms with Gasteiger partial charge in [0.15, 0.2) is 0 Å². The Balaban J connectivity index is 2.73. The molecule has 0 heterocycles. The van der Waals surface area contributed by atoms with Crippen LogP contribution in [0.4, 0.5) is 14.5 Å². The number of nitriles is 1. The second-order valence-electron chi connectivity index (χ2n) is 5.12. The second-order valence-corrected chi connectivity index (χ2v) is 5.97. The van der Waals surface area contributed by atoms with E-state index in [0.717, 1.165) is 12.1 Å². The summed E-state index contributed by atoms with van der Waals surface area (Å²) >= 11 is 3.02. The summed E-state index contributed by atoms with van der Waals surface area (Å²) < 4.78 is 26.7. The van der Waals surface area contributed by atoms with Gasteiger partial charge in [0.2, 0.25) is 5.91 Å². The summed E-state index contributed by atoms with van der Waals surface area (Å²) in [6, 6.07) is 3.86. The highest BCUT2D eigenvalue weighted by Gasteiger charge is 2.29. The lowest BCUT2D eigenvalue weighted by atomic mass is 9.90. The molecule has 0 bridgehead atoms. The molecule has 0 saturated heterocycles. The van der Waals surface area contributed by atoms with E-state index in [0.29, 0.717) is 0 Å². The maximum Gasteiger partial charge on any atom is 0.240 e. The number of carbonyl (C=O) groups is 1. The second kappa shape index (κ2) is 6.85. The number of anilines is 1. The SMILES string of the molecule is CC(C)C(C)(C#N)NC(=O)CNc1c(F)cc(F)cc1Br. The fourth-order valence-electron chi connectivity index (χ4n) is 1.51. The summed E-state index contributed by atoms with van der Waals surface area (Å²) in [4.78, 5) is 11.8. The maximum atomic E-state index is 13.6. The maximum absolute atomic E-state index is 13.6. The Hall–Kier alpha value is -1.68. The average Bonchev–Trinajstić information content (AvgIpc) is 2.36. The standard InChI is InChI=1S/C14H16BrF2N3O/c1-8(2)14(3,7-18)20-12(21)6-19-13-10(15)4-9(16)5-11(13)17/h4-5,8,19H,6H2,1-3H3,(H,20,21). The van der Waals surface area contributed by atoms with Crippen molar-refractivity contribution in [1.29, 1.82) is 5.26 Å². The first-order valence-electron chi connectivity index (χ1n) is 6.30. The molecular weight excluding hydrogens is 344 g/mol. The molecule has 2 N–H and O–H groups in total. The van der Waals surface area contributed by atoms with Crippen LogP contribution < -0.4 is 10.6 Å². The molecule has 0 radical (unpaired) electrons. The molecule has 4 nitrogen and oxygen atoms in total. The molecular formula is C14H16BrF2N3O. The molecule has 0 spiro atoms. The van der Waals surface area contributed by atoms with E-state index in [1.54, 1.807) is 6.92 Å². The van der Waals surface area contributed by atoms with E-state index in [4.69, 9.17) is 5.26 Å². The molecule has 1 rings (SSSR count). The van der Waals surface area contributed by atoms with Crippen molar-refractivity contribution in [3.63, 3.8) is 0 Å². The van der Waals surface area contributed by atoms with Gasteiger partial charge in [0.25, 0.3) is 0 Å². The fraction of sp³-hybridized carbons (Fsp3) is 0.429. The zero-order chi connectivity index (χ0) is 16.2. The predicted octanol–water partition coefficient (Wildman–Crippen LogP) is 3.19. The molecule has 0 fully saturated rings. The van der Waals surface area contributed by atoms with Gasteiger partial charge in [0.1, 0.15) is 17.2 Å². The van der Waals surface area contributed by atoms with Crippen molar-refractivity contribution < 1.29 is 13.6 Å². The number of carbonyl (C=O) groups excluding carboxylic acids is 1. The van der Waals surface area contributed by atoms with Crippen molar-refractivity contribution in [2.45, 2.75) is 26.3 Å². The molecule has 0 aromatic heterocycles. The summed E-state index contributed by atoms with van der Waals surface area (Å²) in [5.41, 5.74) is -1.01. The minimum absolute atomic E-state index is 0.00485. The lowest BCUT2D eigenvalue weighted by Gasteiger charge is -2.27. The smallest absolute Gasteiger partial charge is 0.240 e. The highest BCUT2D eigenvalue weighted by Crippen LogP contribution is 2.26. The van der Waals surface area contributed by atoms with Crippen LogP contribution in [-0.2, 0) is 4.79 Å². The van der Waals surface area contributed by atoms with Crippen LogP contribution in [-0.4, -0.2) is 18.0 Å². The average molecular weight is 360 g/mol. The van der Waals surface area contributed by atoms with Crippen LogP contribution in [0.15, 0.2) is 16.6 Å². The molecule has 0 aliphatic heterocycles. The molecule has 1 atom stereocenters. The Morgan fingerprint density at radius 2 is 2.10 bits per heavy atom. The fourth-order valence-corrected chi connectivity index (χ4v) is 2.06. The van der Waals surface area contributed by atoms with Gasteiger partial charge in [-0.2, -0.15) is 5.26 Å². The van der Waals surface area contributed by atoms with E-state index >= 15 is 0 Å². The number of amides is 1. The van der Waals surface area contributed by atoms with Gasteiger partial charge >= 0.3 is 0 Å². The van der Waals surface area contributed by atoms with Gasteiger partial charge in [0, 0.05) is 10.5 Å². The normalized spacial score (nSPS) is 13.4. The predicted molar refractivity (Wildman–Crippen MR) is 79.5 cm³/mol. The molecule has 1 aromatic carbocycles. The molecule has 1 amide bonds. The van der Waals surface area contributed by atoms with Gasteiger partial charge in [-0.15, -0.1) is 0 Å². The highest BCUT2D eigenvalue weighted by atomic mass is 79.9. The van der Waals surface area contributed by atoms with Gasteiger partial charge < -0.3 is 10.6 Å². The van der Waals surface area contributed by atoms with Crippen LogP contribution in [0, 0.1) is 28.9 Å². The van der Waals surface area contributed by atoms with Gasteiger partial charge in [-0.05, 0) is 34.8 Å². The quantitative estimate of drug-likeness (QED) is 0.848. The molecule has 114 valence electrons. The molecule has 0 aliphatic rings. The molecule has 0 saturated carbocycles. The Morgan fingerprint density at radius 1 is 1.48 bits per heavy atom. The number of nitrogens with zero attached hydrogens (tertiary/aromatic N) is 1. The summed E-state index contributed by atoms with van der Waals surface area (Å²) in [5, 5.41) is 14.3. The van der Waals surface area contributed by atoms with E-state index in [1.165, 1.54) is 0 Å². The first kappa shape index (κ1) is 17.4. The largest absolute Gasteiger partial charge is 0.373 e. The molecule has 1 unspecified atom stereocenters. The van der Waals surface area contributed by atoms with Crippen molar-refractivity contribution in [2.24, 2.45) is 5.92 Å². The van der Waals surface area contributed by atoms with Crippen LogP contribution in [0.2, 0.25) is 0 Å². The Labute approximate surface area is 130 Å². The van der Waals surface area contributed by atoms with Crippen molar-refractivity contribution in [3.8, 4) is 6.07 Å². The molecule has 7 heteroatoms. The van der Waals surface area contributed by atoms with Crippen LogP contribution in [0.5, 0.6) is 0 Å². The third kappa shape index (κ3) is 4.39. The summed E-state index contributed by atoms with van der Waals surface area (Å²) in [6.07, 6.45) is 0. The van der Waals surface area contributed by atoms with E-state index in [-0.39, 0.29) is 22.6 Å². The van der Waals surface area contributed by atoms with Gasteiger partial charge in [-0.25, -0.2) is 8.78 Å². The Bertz CT molecular complexity index is 563. The number of hydrogen-bond acceptors (Lipinski definition) is 3. The minimum atomic E-state index is -1.00. The molecule has 1 aromatic rings. The monoisotopic (exact) mass is 359 g/mol. The number of nitrogens with one attached hydrogen (secondary N) is 2. The highest BCUT2D eigenvalue weighted by molar-refractivity contribution is 9.10. The number of rotatable bonds is 5. The first-order valence-corrected chi connectivity index (χ1v) is 7.09. The van der Waals surface area contributed by atoms with Crippen LogP contribution in [0.3, 0.4) is 0 Å². The minimum Gasteiger partial charge on any atom is -0.373 e. The molecule has 0 aliphatic carbocycles. The van der Waals surface area contributed by atoms with Crippen molar-refractivity contribution in [2.75, 3.05) is 11.9 Å². The van der Waals surface area contributed by atoms with Crippen LogP contribution >= 0.6 is 15.9 Å². The number of halogens is 3. The van der Waals surface area contributed by atoms with Crippen molar-refractivity contribution >= 4 is 27.5 Å². The first-order chi connectivity index (χ1) is 9.69. The summed E-state index contributed by atoms with van der Waals surface area (Å²) in [7, 11) is 0. The van der Waals surface area contributed by atoms with E-state index in [1.807, 2.05) is 19.9 Å². The van der Waals surface area contributed by atoms with Gasteiger partial charge in [0.05, 0.1) is 18.3 Å².